The van der Waals surface area contributed by atoms with Gasteiger partial charge in [0.05, 0.1) is 17.1 Å². The number of carbonyl (C=O) groups is 2. The third kappa shape index (κ3) is 3.46. The van der Waals surface area contributed by atoms with E-state index in [-0.39, 0.29) is 5.91 Å². The lowest BCUT2D eigenvalue weighted by Crippen LogP contribution is -2.31. The molecule has 0 fully saturated rings. The first kappa shape index (κ1) is 14.5. The van der Waals surface area contributed by atoms with Crippen molar-refractivity contribution in [3.05, 3.63) is 23.8 Å². The average molecular weight is 315 g/mol. The van der Waals surface area contributed by atoms with Gasteiger partial charge in [0.15, 0.2) is 0 Å². The number of carbonyl (C=O) groups excluding carboxylic acids is 2. The fourth-order valence-electron chi connectivity index (χ4n) is 1.23. The van der Waals surface area contributed by atoms with Gasteiger partial charge in [-0.15, -0.1) is 0 Å². The molecule has 5 nitrogen and oxygen atoms in total. The van der Waals surface area contributed by atoms with Gasteiger partial charge in [0, 0.05) is 5.56 Å². The standard InChI is InChI=1S/C12H15BrN2O3/c1-12(2,13)11(17)15-8-6-7(10(14)16)4-5-9(8)18-3/h4-6H,1-3H3,(H2,14,16)(H,15,17). The number of nitrogens with one attached hydrogen (secondary N) is 1. The van der Waals surface area contributed by atoms with Crippen LogP contribution in [0.2, 0.25) is 0 Å². The maximum Gasteiger partial charge on any atom is 0.248 e. The zero-order valence-corrected chi connectivity index (χ0v) is 12.0. The highest BCUT2D eigenvalue weighted by Gasteiger charge is 2.24. The smallest absolute Gasteiger partial charge is 0.248 e. The van der Waals surface area contributed by atoms with Crippen molar-refractivity contribution in [1.82, 2.24) is 0 Å². The van der Waals surface area contributed by atoms with Crippen molar-refractivity contribution in [2.24, 2.45) is 5.73 Å². The summed E-state index contributed by atoms with van der Waals surface area (Å²) in [5.41, 5.74) is 5.90. The van der Waals surface area contributed by atoms with Gasteiger partial charge < -0.3 is 15.8 Å². The lowest BCUT2D eigenvalue weighted by atomic mass is 10.1. The van der Waals surface area contributed by atoms with E-state index in [0.29, 0.717) is 17.0 Å². The van der Waals surface area contributed by atoms with Gasteiger partial charge in [-0.05, 0) is 32.0 Å². The largest absolute Gasteiger partial charge is 0.495 e. The Bertz CT molecular complexity index is 481. The van der Waals surface area contributed by atoms with E-state index in [0.717, 1.165) is 0 Å². The Morgan fingerprint density at radius 3 is 2.44 bits per heavy atom. The minimum Gasteiger partial charge on any atom is -0.495 e. The van der Waals surface area contributed by atoms with Crippen molar-refractivity contribution in [2.75, 3.05) is 12.4 Å². The van der Waals surface area contributed by atoms with Crippen molar-refractivity contribution in [1.29, 1.82) is 0 Å². The van der Waals surface area contributed by atoms with Crippen molar-refractivity contribution in [2.45, 2.75) is 18.2 Å². The first-order valence-corrected chi connectivity index (χ1v) is 6.03. The van der Waals surface area contributed by atoms with Crippen LogP contribution in [0, 0.1) is 0 Å². The van der Waals surface area contributed by atoms with Crippen LogP contribution in [-0.4, -0.2) is 23.2 Å². The third-order valence-corrected chi connectivity index (χ3v) is 2.63. The highest BCUT2D eigenvalue weighted by atomic mass is 79.9. The molecule has 0 unspecified atom stereocenters. The summed E-state index contributed by atoms with van der Waals surface area (Å²) in [4.78, 5) is 22.9. The number of hydrogen-bond acceptors (Lipinski definition) is 3. The maximum absolute atomic E-state index is 11.9. The van der Waals surface area contributed by atoms with Crippen LogP contribution in [0.1, 0.15) is 24.2 Å². The molecule has 1 aromatic carbocycles. The molecule has 0 aliphatic rings. The van der Waals surface area contributed by atoms with Crippen LogP contribution >= 0.6 is 15.9 Å². The Hall–Kier alpha value is -1.56. The Morgan fingerprint density at radius 2 is 2.00 bits per heavy atom. The fourth-order valence-corrected chi connectivity index (χ4v) is 1.33. The highest BCUT2D eigenvalue weighted by molar-refractivity contribution is 9.10. The maximum atomic E-state index is 11.9. The second-order valence-corrected chi connectivity index (χ2v) is 6.19. The quantitative estimate of drug-likeness (QED) is 0.833. The molecule has 0 aromatic heterocycles. The number of methoxy groups -OCH3 is 1. The van der Waals surface area contributed by atoms with Crippen molar-refractivity contribution in [3.63, 3.8) is 0 Å². The van der Waals surface area contributed by atoms with E-state index >= 15 is 0 Å². The van der Waals surface area contributed by atoms with Gasteiger partial charge in [-0.3, -0.25) is 9.59 Å². The molecule has 0 spiro atoms. The molecule has 0 heterocycles. The van der Waals surface area contributed by atoms with E-state index < -0.39 is 10.2 Å². The lowest BCUT2D eigenvalue weighted by Gasteiger charge is -2.17. The Balaban J connectivity index is 3.09. The summed E-state index contributed by atoms with van der Waals surface area (Å²) in [6, 6.07) is 4.60. The monoisotopic (exact) mass is 314 g/mol. The third-order valence-electron chi connectivity index (χ3n) is 2.27. The minimum absolute atomic E-state index is 0.248. The molecular weight excluding hydrogens is 300 g/mol. The molecule has 0 atom stereocenters. The van der Waals surface area contributed by atoms with Gasteiger partial charge in [0.2, 0.25) is 11.8 Å². The van der Waals surface area contributed by atoms with E-state index in [9.17, 15) is 9.59 Å². The summed E-state index contributed by atoms with van der Waals surface area (Å²) in [7, 11) is 1.48. The molecule has 0 saturated heterocycles. The van der Waals surface area contributed by atoms with Gasteiger partial charge in [-0.25, -0.2) is 0 Å². The summed E-state index contributed by atoms with van der Waals surface area (Å²) >= 11 is 3.25. The van der Waals surface area contributed by atoms with E-state index in [2.05, 4.69) is 21.2 Å². The van der Waals surface area contributed by atoms with Crippen molar-refractivity contribution < 1.29 is 14.3 Å². The second kappa shape index (κ2) is 5.39. The molecule has 2 amide bonds. The summed E-state index contributed by atoms with van der Waals surface area (Å²) in [6.07, 6.45) is 0. The van der Waals surface area contributed by atoms with Crippen LogP contribution < -0.4 is 15.8 Å². The molecule has 18 heavy (non-hydrogen) atoms. The summed E-state index contributed by atoms with van der Waals surface area (Å²) < 4.78 is 4.39. The second-order valence-electron chi connectivity index (χ2n) is 4.21. The van der Waals surface area contributed by atoms with Gasteiger partial charge in [0.25, 0.3) is 0 Å². The summed E-state index contributed by atoms with van der Waals surface area (Å²) in [6.45, 7) is 3.43. The number of nitrogens with two attached hydrogens (primary N) is 1. The number of benzene rings is 1. The SMILES string of the molecule is COc1ccc(C(N)=O)cc1NC(=O)C(C)(C)Br. The van der Waals surface area contributed by atoms with Crippen molar-refractivity contribution >= 4 is 33.4 Å². The summed E-state index contributed by atoms with van der Waals surface area (Å²) in [5.74, 6) is -0.348. The topological polar surface area (TPSA) is 81.4 Å². The number of halogens is 1. The zero-order valence-electron chi connectivity index (χ0n) is 10.4. The van der Waals surface area contributed by atoms with E-state index in [1.54, 1.807) is 19.9 Å². The number of anilines is 1. The van der Waals surface area contributed by atoms with Gasteiger partial charge in [0.1, 0.15) is 5.75 Å². The lowest BCUT2D eigenvalue weighted by molar-refractivity contribution is -0.117. The van der Waals surface area contributed by atoms with Crippen LogP contribution in [0.15, 0.2) is 18.2 Å². The Morgan fingerprint density at radius 1 is 1.39 bits per heavy atom. The molecule has 0 bridgehead atoms. The van der Waals surface area contributed by atoms with Gasteiger partial charge in [-0.2, -0.15) is 0 Å². The van der Waals surface area contributed by atoms with Crippen LogP contribution in [0.5, 0.6) is 5.75 Å². The number of amides is 2. The van der Waals surface area contributed by atoms with Crippen LogP contribution in [0.4, 0.5) is 5.69 Å². The average Bonchev–Trinajstić information content (AvgIpc) is 2.27. The number of ether oxygens (including phenoxy) is 1. The molecule has 0 aliphatic carbocycles. The molecule has 0 saturated carbocycles. The Kier molecular flexibility index (Phi) is 4.34. The summed E-state index contributed by atoms with van der Waals surface area (Å²) in [5, 5.41) is 2.68. The highest BCUT2D eigenvalue weighted by Crippen LogP contribution is 2.27. The first-order chi connectivity index (χ1) is 8.25. The Labute approximate surface area is 114 Å². The molecule has 6 heteroatoms. The number of rotatable bonds is 4. The molecule has 1 aromatic rings. The fraction of sp³-hybridized carbons (Fsp3) is 0.333. The van der Waals surface area contributed by atoms with Crippen molar-refractivity contribution in [3.8, 4) is 5.75 Å². The van der Waals surface area contributed by atoms with E-state index in [1.807, 2.05) is 0 Å². The molecule has 0 radical (unpaired) electrons. The van der Waals surface area contributed by atoms with Gasteiger partial charge >= 0.3 is 0 Å². The molecule has 0 aliphatic heterocycles. The molecule has 3 N–H and O–H groups in total. The van der Waals surface area contributed by atoms with E-state index in [1.165, 1.54) is 19.2 Å². The van der Waals surface area contributed by atoms with E-state index in [4.69, 9.17) is 10.5 Å². The number of primary amides is 1. The predicted molar refractivity (Wildman–Crippen MR) is 73.1 cm³/mol. The van der Waals surface area contributed by atoms with Crippen LogP contribution in [0.25, 0.3) is 0 Å². The first-order valence-electron chi connectivity index (χ1n) is 5.24. The zero-order chi connectivity index (χ0) is 13.9. The molecule has 1 rings (SSSR count). The number of alkyl halides is 1. The molecule has 98 valence electrons. The van der Waals surface area contributed by atoms with Crippen LogP contribution in [0.3, 0.4) is 0 Å². The number of hydrogen-bond donors (Lipinski definition) is 2. The normalized spacial score (nSPS) is 10.9. The molecular formula is C12H15BrN2O3. The minimum atomic E-state index is -0.721. The van der Waals surface area contributed by atoms with Crippen LogP contribution in [-0.2, 0) is 4.79 Å². The van der Waals surface area contributed by atoms with Gasteiger partial charge in [-0.1, -0.05) is 15.9 Å². The predicted octanol–water partition coefficient (Wildman–Crippen LogP) is 1.91.